The lowest BCUT2D eigenvalue weighted by molar-refractivity contribution is -0.113. The van der Waals surface area contributed by atoms with Crippen molar-refractivity contribution in [3.05, 3.63) is 58.3 Å². The highest BCUT2D eigenvalue weighted by Gasteiger charge is 2.16. The molecule has 3 aromatic rings. The summed E-state index contributed by atoms with van der Waals surface area (Å²) in [5.41, 5.74) is 0.751. The van der Waals surface area contributed by atoms with E-state index in [1.807, 2.05) is 0 Å². The van der Waals surface area contributed by atoms with E-state index in [0.717, 1.165) is 16.4 Å². The van der Waals surface area contributed by atoms with E-state index in [4.69, 9.17) is 29.0 Å². The van der Waals surface area contributed by atoms with E-state index in [9.17, 15) is 9.18 Å². The molecular formula is C16H12Cl2FN5OS. The van der Waals surface area contributed by atoms with E-state index in [1.165, 1.54) is 6.07 Å². The number of hydrogen-bond donors (Lipinski definition) is 2. The molecule has 10 heteroatoms. The third kappa shape index (κ3) is 4.09. The molecule has 0 aliphatic heterocycles. The molecule has 1 aromatic heterocycles. The van der Waals surface area contributed by atoms with Gasteiger partial charge in [-0.3, -0.25) is 4.79 Å². The molecule has 0 aliphatic carbocycles. The van der Waals surface area contributed by atoms with E-state index in [1.54, 1.807) is 36.4 Å². The maximum atomic E-state index is 13.9. The fourth-order valence-electron chi connectivity index (χ4n) is 2.10. The zero-order chi connectivity index (χ0) is 18.7. The zero-order valence-corrected chi connectivity index (χ0v) is 15.4. The van der Waals surface area contributed by atoms with E-state index in [0.29, 0.717) is 15.7 Å². The largest absolute Gasteiger partial charge is 0.335 e. The van der Waals surface area contributed by atoms with Crippen LogP contribution in [-0.2, 0) is 4.79 Å². The van der Waals surface area contributed by atoms with E-state index >= 15 is 0 Å². The molecule has 134 valence electrons. The molecule has 6 nitrogen and oxygen atoms in total. The molecule has 0 unspecified atom stereocenters. The number of rotatable bonds is 5. The van der Waals surface area contributed by atoms with Crippen molar-refractivity contribution in [2.24, 2.45) is 0 Å². The van der Waals surface area contributed by atoms with Crippen molar-refractivity contribution < 1.29 is 9.18 Å². The maximum Gasteiger partial charge on any atom is 0.234 e. The first-order chi connectivity index (χ1) is 12.5. The van der Waals surface area contributed by atoms with Gasteiger partial charge in [-0.1, -0.05) is 47.1 Å². The number of halogens is 3. The average molecular weight is 412 g/mol. The van der Waals surface area contributed by atoms with Gasteiger partial charge < -0.3 is 11.2 Å². The SMILES string of the molecule is Nn1c(SCC(=O)Nc2ccc(Cl)c(Cl)c2)nnc1-c1ccccc1F. The number of carbonyl (C=O) groups excluding carboxylic acids is 1. The number of thioether (sulfide) groups is 1. The molecule has 0 fully saturated rings. The number of amides is 1. The second kappa shape index (κ2) is 7.94. The summed E-state index contributed by atoms with van der Waals surface area (Å²) in [7, 11) is 0. The first kappa shape index (κ1) is 18.5. The minimum atomic E-state index is -0.458. The fraction of sp³-hybridized carbons (Fsp3) is 0.0625. The molecule has 0 aliphatic rings. The van der Waals surface area contributed by atoms with Gasteiger partial charge in [0.05, 0.1) is 21.4 Å². The monoisotopic (exact) mass is 411 g/mol. The zero-order valence-electron chi connectivity index (χ0n) is 13.1. The van der Waals surface area contributed by atoms with Gasteiger partial charge in [0.25, 0.3) is 0 Å². The van der Waals surface area contributed by atoms with Crippen LogP contribution >= 0.6 is 35.0 Å². The highest BCUT2D eigenvalue weighted by atomic mass is 35.5. The van der Waals surface area contributed by atoms with Crippen LogP contribution in [0, 0.1) is 5.82 Å². The van der Waals surface area contributed by atoms with Crippen molar-refractivity contribution in [1.29, 1.82) is 0 Å². The standard InChI is InChI=1S/C16H12Cl2FN5OS/c17-11-6-5-9(7-12(11)18)21-14(25)8-26-16-23-22-15(24(16)20)10-3-1-2-4-13(10)19/h1-7H,8,20H2,(H,21,25). The highest BCUT2D eigenvalue weighted by molar-refractivity contribution is 7.99. The molecule has 0 saturated heterocycles. The summed E-state index contributed by atoms with van der Waals surface area (Å²) in [5, 5.41) is 11.5. The third-order valence-corrected chi connectivity index (χ3v) is 5.00. The van der Waals surface area contributed by atoms with Crippen LogP contribution in [0.4, 0.5) is 10.1 Å². The topological polar surface area (TPSA) is 85.8 Å². The van der Waals surface area contributed by atoms with Gasteiger partial charge in [0, 0.05) is 5.69 Å². The summed E-state index contributed by atoms with van der Waals surface area (Å²) in [6.07, 6.45) is 0. The molecule has 3 rings (SSSR count). The summed E-state index contributed by atoms with van der Waals surface area (Å²) in [6.45, 7) is 0. The molecule has 0 atom stereocenters. The van der Waals surface area contributed by atoms with Gasteiger partial charge in [0.15, 0.2) is 5.82 Å². The van der Waals surface area contributed by atoms with Crippen LogP contribution in [0.3, 0.4) is 0 Å². The summed E-state index contributed by atoms with van der Waals surface area (Å²) in [4.78, 5) is 12.1. The highest BCUT2D eigenvalue weighted by Crippen LogP contribution is 2.26. The number of nitrogen functional groups attached to an aromatic ring is 1. The number of anilines is 1. The number of carbonyl (C=O) groups is 1. The van der Waals surface area contributed by atoms with E-state index in [2.05, 4.69) is 15.5 Å². The van der Waals surface area contributed by atoms with Gasteiger partial charge in [-0.2, -0.15) is 0 Å². The summed E-state index contributed by atoms with van der Waals surface area (Å²) in [6, 6.07) is 10.9. The molecule has 0 bridgehead atoms. The maximum absolute atomic E-state index is 13.9. The van der Waals surface area contributed by atoms with Gasteiger partial charge in [-0.05, 0) is 30.3 Å². The number of aromatic nitrogens is 3. The van der Waals surface area contributed by atoms with Gasteiger partial charge in [0.2, 0.25) is 11.1 Å². The number of nitrogens with zero attached hydrogens (tertiary/aromatic N) is 3. The predicted octanol–water partition coefficient (Wildman–Crippen LogP) is 3.84. The van der Waals surface area contributed by atoms with Crippen LogP contribution in [0.25, 0.3) is 11.4 Å². The Morgan fingerprint density at radius 1 is 1.19 bits per heavy atom. The minimum Gasteiger partial charge on any atom is -0.335 e. The Morgan fingerprint density at radius 2 is 1.96 bits per heavy atom. The Hall–Kier alpha value is -2.29. The molecule has 26 heavy (non-hydrogen) atoms. The van der Waals surface area contributed by atoms with Gasteiger partial charge >= 0.3 is 0 Å². The van der Waals surface area contributed by atoms with E-state index < -0.39 is 5.82 Å². The van der Waals surface area contributed by atoms with Crippen LogP contribution < -0.4 is 11.2 Å². The second-order valence-corrected chi connectivity index (χ2v) is 6.88. The van der Waals surface area contributed by atoms with Crippen LogP contribution in [0.15, 0.2) is 47.6 Å². The first-order valence-corrected chi connectivity index (χ1v) is 9.03. The van der Waals surface area contributed by atoms with Crippen LogP contribution in [0.1, 0.15) is 0 Å². The number of nitrogens with two attached hydrogens (primary N) is 1. The molecule has 0 saturated carbocycles. The fourth-order valence-corrected chi connectivity index (χ4v) is 3.06. The quantitative estimate of drug-likeness (QED) is 0.491. The molecular weight excluding hydrogens is 400 g/mol. The summed E-state index contributed by atoms with van der Waals surface area (Å²) < 4.78 is 15.0. The van der Waals surface area contributed by atoms with Crippen molar-refractivity contribution in [3.8, 4) is 11.4 Å². The molecule has 0 radical (unpaired) electrons. The second-order valence-electron chi connectivity index (χ2n) is 5.12. The predicted molar refractivity (Wildman–Crippen MR) is 101 cm³/mol. The number of benzene rings is 2. The number of hydrogen-bond acceptors (Lipinski definition) is 5. The van der Waals surface area contributed by atoms with Crippen LogP contribution in [0.2, 0.25) is 10.0 Å². The Labute approximate surface area is 162 Å². The van der Waals surface area contributed by atoms with Crippen LogP contribution in [0.5, 0.6) is 0 Å². The number of nitrogens with one attached hydrogen (secondary N) is 1. The smallest absolute Gasteiger partial charge is 0.234 e. The van der Waals surface area contributed by atoms with Gasteiger partial charge in [0.1, 0.15) is 5.82 Å². The van der Waals surface area contributed by atoms with Crippen molar-refractivity contribution in [2.75, 3.05) is 16.9 Å². The summed E-state index contributed by atoms with van der Waals surface area (Å²) in [5.74, 6) is 5.38. The van der Waals surface area contributed by atoms with Gasteiger partial charge in [-0.25, -0.2) is 9.07 Å². The van der Waals surface area contributed by atoms with Crippen molar-refractivity contribution in [1.82, 2.24) is 14.9 Å². The van der Waals surface area contributed by atoms with Crippen molar-refractivity contribution in [2.45, 2.75) is 5.16 Å². The lowest BCUT2D eigenvalue weighted by Gasteiger charge is -2.06. The van der Waals surface area contributed by atoms with Crippen molar-refractivity contribution >= 4 is 46.6 Å². The Morgan fingerprint density at radius 3 is 2.69 bits per heavy atom. The summed E-state index contributed by atoms with van der Waals surface area (Å²) >= 11 is 12.8. The first-order valence-electron chi connectivity index (χ1n) is 7.29. The molecule has 2 aromatic carbocycles. The third-order valence-electron chi connectivity index (χ3n) is 3.32. The van der Waals surface area contributed by atoms with Gasteiger partial charge in [-0.15, -0.1) is 10.2 Å². The minimum absolute atomic E-state index is 0.0346. The average Bonchev–Trinajstić information content (AvgIpc) is 2.97. The molecule has 3 N–H and O–H groups in total. The Kier molecular flexibility index (Phi) is 5.65. The Balaban J connectivity index is 1.66. The normalized spacial score (nSPS) is 10.7. The van der Waals surface area contributed by atoms with Crippen molar-refractivity contribution in [3.63, 3.8) is 0 Å². The Bertz CT molecular complexity index is 966. The lowest BCUT2D eigenvalue weighted by Crippen LogP contribution is -2.16. The molecule has 0 spiro atoms. The van der Waals surface area contributed by atoms with Crippen LogP contribution in [-0.4, -0.2) is 26.5 Å². The molecule has 1 heterocycles. The lowest BCUT2D eigenvalue weighted by atomic mass is 10.2. The molecule has 1 amide bonds. The van der Waals surface area contributed by atoms with E-state index in [-0.39, 0.29) is 28.2 Å².